The second-order valence-corrected chi connectivity index (χ2v) is 7.47. The van der Waals surface area contributed by atoms with Gasteiger partial charge in [0.05, 0.1) is 18.8 Å². The summed E-state index contributed by atoms with van der Waals surface area (Å²) in [6.45, 7) is 1.78. The SMILES string of the molecule is CC(N)C(=O)NC(Cc1cnc[nH]1)C(=O)NC(CCCCN)C(=O)NC(CC(=O)O)C(=O)O. The molecule has 10 N–H and O–H groups in total. The summed E-state index contributed by atoms with van der Waals surface area (Å²) >= 11 is 0. The molecular weight excluding hydrogens is 438 g/mol. The van der Waals surface area contributed by atoms with Crippen LogP contribution in [0.5, 0.6) is 0 Å². The van der Waals surface area contributed by atoms with E-state index >= 15 is 0 Å². The molecule has 0 spiro atoms. The van der Waals surface area contributed by atoms with Crippen LogP contribution >= 0.6 is 0 Å². The average Bonchev–Trinajstić information content (AvgIpc) is 3.24. The van der Waals surface area contributed by atoms with Crippen LogP contribution in [0.4, 0.5) is 0 Å². The summed E-state index contributed by atoms with van der Waals surface area (Å²) in [5.41, 5.74) is 11.6. The summed E-state index contributed by atoms with van der Waals surface area (Å²) < 4.78 is 0. The number of carboxylic acids is 2. The summed E-state index contributed by atoms with van der Waals surface area (Å²) in [4.78, 5) is 66.6. The summed E-state index contributed by atoms with van der Waals surface area (Å²) in [5.74, 6) is -5.11. The van der Waals surface area contributed by atoms with Gasteiger partial charge in [-0.1, -0.05) is 0 Å². The Morgan fingerprint density at radius 1 is 1.00 bits per heavy atom. The lowest BCUT2D eigenvalue weighted by molar-refractivity contribution is -0.147. The summed E-state index contributed by atoms with van der Waals surface area (Å²) in [6, 6.07) is -4.86. The van der Waals surface area contributed by atoms with Crippen molar-refractivity contribution >= 4 is 29.7 Å². The molecule has 14 heteroatoms. The molecule has 0 aliphatic carbocycles. The smallest absolute Gasteiger partial charge is 0.326 e. The molecule has 0 aromatic carbocycles. The lowest BCUT2D eigenvalue weighted by Gasteiger charge is -2.24. The predicted molar refractivity (Wildman–Crippen MR) is 115 cm³/mol. The number of imidazole rings is 1. The topological polar surface area (TPSA) is 243 Å². The molecule has 1 aromatic heterocycles. The Balaban J connectivity index is 3.01. The van der Waals surface area contributed by atoms with Gasteiger partial charge in [0, 0.05) is 18.3 Å². The molecular formula is C19H31N7O7. The van der Waals surface area contributed by atoms with E-state index in [2.05, 4.69) is 25.9 Å². The molecule has 184 valence electrons. The second-order valence-electron chi connectivity index (χ2n) is 7.47. The number of unbranched alkanes of at least 4 members (excludes halogenated alkanes) is 1. The van der Waals surface area contributed by atoms with Crippen LogP contribution in [-0.4, -0.2) is 80.6 Å². The molecule has 1 rings (SSSR count). The standard InChI is InChI=1S/C19H31N7O7/c1-10(21)16(29)25-13(6-11-8-22-9-23-11)18(31)24-12(4-2-3-5-20)17(30)26-14(19(32)33)7-15(27)28/h8-10,12-14H,2-7,20-21H2,1H3,(H,22,23)(H,24,31)(H,25,29)(H,26,30)(H,27,28)(H,32,33). The van der Waals surface area contributed by atoms with Crippen LogP contribution < -0.4 is 27.4 Å². The minimum absolute atomic E-state index is 0.0260. The Bertz CT molecular complexity index is 813. The highest BCUT2D eigenvalue weighted by atomic mass is 16.4. The van der Waals surface area contributed by atoms with Gasteiger partial charge < -0.3 is 42.6 Å². The minimum atomic E-state index is -1.68. The Morgan fingerprint density at radius 2 is 1.61 bits per heavy atom. The van der Waals surface area contributed by atoms with E-state index in [-0.39, 0.29) is 12.8 Å². The van der Waals surface area contributed by atoms with Crippen molar-refractivity contribution in [2.45, 2.75) is 63.2 Å². The number of aliphatic carboxylic acids is 2. The molecule has 0 aliphatic heterocycles. The Morgan fingerprint density at radius 3 is 2.12 bits per heavy atom. The third-order valence-corrected chi connectivity index (χ3v) is 4.60. The monoisotopic (exact) mass is 469 g/mol. The van der Waals surface area contributed by atoms with Gasteiger partial charge in [0.25, 0.3) is 0 Å². The Hall–Kier alpha value is -3.52. The van der Waals surface area contributed by atoms with Crippen LogP contribution in [0.25, 0.3) is 0 Å². The van der Waals surface area contributed by atoms with Crippen molar-refractivity contribution in [3.63, 3.8) is 0 Å². The van der Waals surface area contributed by atoms with Gasteiger partial charge in [-0.05, 0) is 32.7 Å². The van der Waals surface area contributed by atoms with Crippen LogP contribution in [0.15, 0.2) is 12.5 Å². The van der Waals surface area contributed by atoms with E-state index in [0.717, 1.165) is 0 Å². The number of aromatic amines is 1. The number of hydrogen-bond donors (Lipinski definition) is 8. The van der Waals surface area contributed by atoms with E-state index in [1.165, 1.54) is 19.4 Å². The quantitative estimate of drug-likeness (QED) is 0.125. The number of nitrogens with one attached hydrogen (secondary N) is 4. The largest absolute Gasteiger partial charge is 0.481 e. The third kappa shape index (κ3) is 10.1. The van der Waals surface area contributed by atoms with E-state index in [0.29, 0.717) is 25.1 Å². The zero-order valence-electron chi connectivity index (χ0n) is 18.2. The number of hydrogen-bond acceptors (Lipinski definition) is 8. The summed E-state index contributed by atoms with van der Waals surface area (Å²) in [5, 5.41) is 25.2. The van der Waals surface area contributed by atoms with Crippen molar-refractivity contribution in [3.8, 4) is 0 Å². The first kappa shape index (κ1) is 27.5. The first-order valence-electron chi connectivity index (χ1n) is 10.3. The molecule has 14 nitrogen and oxygen atoms in total. The van der Waals surface area contributed by atoms with Crippen molar-refractivity contribution in [2.24, 2.45) is 11.5 Å². The Kier molecular flexibility index (Phi) is 11.5. The van der Waals surface area contributed by atoms with Gasteiger partial charge in [-0.3, -0.25) is 19.2 Å². The highest BCUT2D eigenvalue weighted by Crippen LogP contribution is 2.06. The van der Waals surface area contributed by atoms with Gasteiger partial charge in [0.15, 0.2) is 0 Å². The van der Waals surface area contributed by atoms with Crippen molar-refractivity contribution < 1.29 is 34.2 Å². The highest BCUT2D eigenvalue weighted by Gasteiger charge is 2.30. The van der Waals surface area contributed by atoms with E-state index < -0.39 is 60.2 Å². The van der Waals surface area contributed by atoms with Gasteiger partial charge in [0.1, 0.15) is 18.1 Å². The van der Waals surface area contributed by atoms with Gasteiger partial charge >= 0.3 is 11.9 Å². The zero-order chi connectivity index (χ0) is 25.0. The zero-order valence-corrected chi connectivity index (χ0v) is 18.2. The molecule has 1 aromatic rings. The van der Waals surface area contributed by atoms with E-state index in [4.69, 9.17) is 16.6 Å². The number of nitrogens with zero attached hydrogens (tertiary/aromatic N) is 1. The molecule has 0 radical (unpaired) electrons. The summed E-state index contributed by atoms with van der Waals surface area (Å²) in [6.07, 6.45) is 3.14. The fourth-order valence-electron chi connectivity index (χ4n) is 2.81. The fourth-order valence-corrected chi connectivity index (χ4v) is 2.81. The fraction of sp³-hybridized carbons (Fsp3) is 0.579. The lowest BCUT2D eigenvalue weighted by Crippen LogP contribution is -2.57. The second kappa shape index (κ2) is 13.8. The molecule has 0 fully saturated rings. The number of amides is 3. The first-order chi connectivity index (χ1) is 15.5. The average molecular weight is 469 g/mol. The maximum atomic E-state index is 13.0. The van der Waals surface area contributed by atoms with Crippen LogP contribution in [0, 0.1) is 0 Å². The van der Waals surface area contributed by atoms with Crippen LogP contribution in [-0.2, 0) is 30.4 Å². The van der Waals surface area contributed by atoms with Gasteiger partial charge in [-0.25, -0.2) is 9.78 Å². The maximum Gasteiger partial charge on any atom is 0.326 e. The van der Waals surface area contributed by atoms with E-state index in [9.17, 15) is 29.1 Å². The molecule has 0 saturated carbocycles. The van der Waals surface area contributed by atoms with Crippen LogP contribution in [0.2, 0.25) is 0 Å². The first-order valence-corrected chi connectivity index (χ1v) is 10.3. The molecule has 0 aliphatic rings. The van der Waals surface area contributed by atoms with Crippen LogP contribution in [0.3, 0.4) is 0 Å². The molecule has 1 heterocycles. The number of H-pyrrole nitrogens is 1. The number of carbonyl (C=O) groups excluding carboxylic acids is 3. The molecule has 4 atom stereocenters. The molecule has 3 amide bonds. The number of nitrogens with two attached hydrogens (primary N) is 2. The minimum Gasteiger partial charge on any atom is -0.481 e. The van der Waals surface area contributed by atoms with Gasteiger partial charge in [0.2, 0.25) is 17.7 Å². The van der Waals surface area contributed by atoms with E-state index in [1.807, 2.05) is 0 Å². The molecule has 4 unspecified atom stereocenters. The van der Waals surface area contributed by atoms with Gasteiger partial charge in [-0.15, -0.1) is 0 Å². The summed E-state index contributed by atoms with van der Waals surface area (Å²) in [7, 11) is 0. The van der Waals surface area contributed by atoms with Gasteiger partial charge in [-0.2, -0.15) is 0 Å². The molecule has 33 heavy (non-hydrogen) atoms. The van der Waals surface area contributed by atoms with Crippen molar-refractivity contribution in [1.82, 2.24) is 25.9 Å². The molecule has 0 saturated heterocycles. The predicted octanol–water partition coefficient (Wildman–Crippen LogP) is -2.56. The third-order valence-electron chi connectivity index (χ3n) is 4.60. The number of aromatic nitrogens is 2. The number of carboxylic acid groups (broad SMARTS) is 2. The molecule has 0 bridgehead atoms. The van der Waals surface area contributed by atoms with Crippen molar-refractivity contribution in [2.75, 3.05) is 6.54 Å². The maximum absolute atomic E-state index is 13.0. The van der Waals surface area contributed by atoms with Crippen molar-refractivity contribution in [3.05, 3.63) is 18.2 Å². The normalized spacial score (nSPS) is 14.4. The lowest BCUT2D eigenvalue weighted by atomic mass is 10.1. The number of rotatable bonds is 15. The highest BCUT2D eigenvalue weighted by molar-refractivity contribution is 5.94. The Labute approximate surface area is 189 Å². The van der Waals surface area contributed by atoms with Crippen LogP contribution in [0.1, 0.15) is 38.3 Å². The van der Waals surface area contributed by atoms with E-state index in [1.54, 1.807) is 0 Å². The number of carbonyl (C=O) groups is 5. The van der Waals surface area contributed by atoms with Crippen molar-refractivity contribution in [1.29, 1.82) is 0 Å².